The molecule has 0 aliphatic carbocycles. The van der Waals surface area contributed by atoms with Crippen molar-refractivity contribution in [2.75, 3.05) is 11.1 Å². The number of nitrogens with zero attached hydrogens (tertiary/aromatic N) is 3. The van der Waals surface area contributed by atoms with Crippen LogP contribution in [0.15, 0.2) is 18.2 Å². The zero-order chi connectivity index (χ0) is 15.6. The molecule has 0 aliphatic rings. The maximum absolute atomic E-state index is 8.97. The first-order valence-corrected chi connectivity index (χ1v) is 6.91. The number of anilines is 3. The van der Waals surface area contributed by atoms with Gasteiger partial charge in [0, 0.05) is 11.5 Å². The summed E-state index contributed by atoms with van der Waals surface area (Å²) >= 11 is 6.15. The molecule has 0 amide bonds. The predicted octanol–water partition coefficient (Wildman–Crippen LogP) is 3.76. The summed E-state index contributed by atoms with van der Waals surface area (Å²) < 4.78 is 0. The van der Waals surface area contributed by atoms with Gasteiger partial charge in [0.1, 0.15) is 17.5 Å². The molecule has 108 valence electrons. The van der Waals surface area contributed by atoms with E-state index in [0.29, 0.717) is 33.7 Å². The summed E-state index contributed by atoms with van der Waals surface area (Å²) in [7, 11) is 0. The van der Waals surface area contributed by atoms with E-state index < -0.39 is 0 Å². The molecule has 2 rings (SSSR count). The second-order valence-corrected chi connectivity index (χ2v) is 5.43. The van der Waals surface area contributed by atoms with Gasteiger partial charge < -0.3 is 11.1 Å². The molecular weight excluding hydrogens is 286 g/mol. The highest BCUT2D eigenvalue weighted by molar-refractivity contribution is 6.33. The number of hydrogen-bond donors (Lipinski definition) is 2. The van der Waals surface area contributed by atoms with E-state index >= 15 is 0 Å². The summed E-state index contributed by atoms with van der Waals surface area (Å²) in [5, 5.41) is 12.6. The van der Waals surface area contributed by atoms with Crippen molar-refractivity contribution >= 4 is 28.9 Å². The van der Waals surface area contributed by atoms with Crippen LogP contribution in [0.2, 0.25) is 5.02 Å². The number of nitrogen functional groups attached to an aromatic ring is 1. The average molecular weight is 302 g/mol. The van der Waals surface area contributed by atoms with Gasteiger partial charge in [-0.25, -0.2) is 9.97 Å². The number of halogens is 1. The van der Waals surface area contributed by atoms with Crippen molar-refractivity contribution in [3.63, 3.8) is 0 Å². The molecule has 0 unspecified atom stereocenters. The number of nitrogens with two attached hydrogens (primary N) is 1. The van der Waals surface area contributed by atoms with E-state index in [1.165, 1.54) is 0 Å². The Labute approximate surface area is 128 Å². The monoisotopic (exact) mass is 301 g/mol. The van der Waals surface area contributed by atoms with Crippen LogP contribution in [0.25, 0.3) is 0 Å². The highest BCUT2D eigenvalue weighted by Crippen LogP contribution is 2.29. The summed E-state index contributed by atoms with van der Waals surface area (Å²) in [6.07, 6.45) is 0. The van der Waals surface area contributed by atoms with E-state index in [0.717, 1.165) is 5.56 Å². The molecular formula is C15H16ClN5. The first kappa shape index (κ1) is 15.1. The Morgan fingerprint density at radius 2 is 2.05 bits per heavy atom. The van der Waals surface area contributed by atoms with Crippen LogP contribution < -0.4 is 11.1 Å². The lowest BCUT2D eigenvalue weighted by Crippen LogP contribution is -2.08. The molecule has 2 aromatic rings. The van der Waals surface area contributed by atoms with E-state index in [-0.39, 0.29) is 5.92 Å². The Bertz CT molecular complexity index is 719. The molecule has 0 aliphatic heterocycles. The second kappa shape index (κ2) is 5.98. The number of rotatable bonds is 3. The minimum atomic E-state index is 0.161. The number of hydrogen-bond acceptors (Lipinski definition) is 5. The summed E-state index contributed by atoms with van der Waals surface area (Å²) in [5.74, 6) is 1.86. The number of nitriles is 1. The van der Waals surface area contributed by atoms with Crippen LogP contribution in [0.5, 0.6) is 0 Å². The zero-order valence-electron chi connectivity index (χ0n) is 12.1. The normalized spacial score (nSPS) is 10.5. The van der Waals surface area contributed by atoms with E-state index in [2.05, 4.69) is 21.4 Å². The lowest BCUT2D eigenvalue weighted by molar-refractivity contribution is 0.776. The van der Waals surface area contributed by atoms with Gasteiger partial charge in [-0.05, 0) is 25.1 Å². The maximum Gasteiger partial charge on any atom is 0.139 e. The van der Waals surface area contributed by atoms with Crippen molar-refractivity contribution in [3.8, 4) is 6.07 Å². The summed E-state index contributed by atoms with van der Waals surface area (Å²) in [4.78, 5) is 8.75. The average Bonchev–Trinajstić information content (AvgIpc) is 2.45. The SMILES string of the molecule is Cc1c(N)nc(C(C)C)nc1Nc1cc(C#N)ccc1Cl. The smallest absolute Gasteiger partial charge is 0.139 e. The maximum atomic E-state index is 8.97. The van der Waals surface area contributed by atoms with E-state index in [9.17, 15) is 0 Å². The van der Waals surface area contributed by atoms with Crippen molar-refractivity contribution < 1.29 is 0 Å². The van der Waals surface area contributed by atoms with Crippen LogP contribution in [0.4, 0.5) is 17.3 Å². The third-order valence-electron chi connectivity index (χ3n) is 3.07. The van der Waals surface area contributed by atoms with Gasteiger partial charge in [0.05, 0.1) is 22.3 Å². The molecule has 0 saturated carbocycles. The largest absolute Gasteiger partial charge is 0.383 e. The van der Waals surface area contributed by atoms with Crippen molar-refractivity contribution in [2.24, 2.45) is 0 Å². The first-order valence-electron chi connectivity index (χ1n) is 6.53. The van der Waals surface area contributed by atoms with Gasteiger partial charge in [0.15, 0.2) is 0 Å². The fraction of sp³-hybridized carbons (Fsp3) is 0.267. The minimum Gasteiger partial charge on any atom is -0.383 e. The molecule has 6 heteroatoms. The van der Waals surface area contributed by atoms with Crippen LogP contribution in [-0.2, 0) is 0 Å². The van der Waals surface area contributed by atoms with Crippen LogP contribution in [0.3, 0.4) is 0 Å². The second-order valence-electron chi connectivity index (χ2n) is 5.03. The van der Waals surface area contributed by atoms with Crippen LogP contribution in [-0.4, -0.2) is 9.97 Å². The van der Waals surface area contributed by atoms with Crippen LogP contribution in [0, 0.1) is 18.3 Å². The predicted molar refractivity (Wildman–Crippen MR) is 84.7 cm³/mol. The molecule has 0 saturated heterocycles. The highest BCUT2D eigenvalue weighted by Gasteiger charge is 2.12. The molecule has 1 aromatic heterocycles. The quantitative estimate of drug-likeness (QED) is 0.901. The highest BCUT2D eigenvalue weighted by atomic mass is 35.5. The Kier molecular flexibility index (Phi) is 4.29. The van der Waals surface area contributed by atoms with E-state index in [1.54, 1.807) is 18.2 Å². The summed E-state index contributed by atoms with van der Waals surface area (Å²) in [6.45, 7) is 5.83. The van der Waals surface area contributed by atoms with E-state index in [4.69, 9.17) is 22.6 Å². The number of aromatic nitrogens is 2. The summed E-state index contributed by atoms with van der Waals surface area (Å²) in [5.41, 5.74) is 7.81. The Balaban J connectivity index is 2.46. The molecule has 0 radical (unpaired) electrons. The zero-order valence-corrected chi connectivity index (χ0v) is 12.9. The standard InChI is InChI=1S/C15H16ClN5/c1-8(2)14-20-13(18)9(3)15(21-14)19-12-6-10(7-17)4-5-11(12)16/h4-6,8H,1-3H3,(H3,18,19,20,21). The first-order chi connectivity index (χ1) is 9.92. The number of nitrogens with one attached hydrogen (secondary N) is 1. The molecule has 0 spiro atoms. The molecule has 1 aromatic carbocycles. The molecule has 0 bridgehead atoms. The molecule has 0 fully saturated rings. The Hall–Kier alpha value is -2.32. The Morgan fingerprint density at radius 1 is 1.33 bits per heavy atom. The molecule has 1 heterocycles. The van der Waals surface area contributed by atoms with Gasteiger partial charge in [-0.1, -0.05) is 25.4 Å². The fourth-order valence-corrected chi connectivity index (χ4v) is 1.91. The van der Waals surface area contributed by atoms with Crippen molar-refractivity contribution in [3.05, 3.63) is 40.2 Å². The van der Waals surface area contributed by atoms with Gasteiger partial charge in [-0.3, -0.25) is 0 Å². The summed E-state index contributed by atoms with van der Waals surface area (Å²) in [6, 6.07) is 7.09. The van der Waals surface area contributed by atoms with Gasteiger partial charge >= 0.3 is 0 Å². The fourth-order valence-electron chi connectivity index (χ4n) is 1.75. The van der Waals surface area contributed by atoms with Crippen molar-refractivity contribution in [1.29, 1.82) is 5.26 Å². The molecule has 21 heavy (non-hydrogen) atoms. The van der Waals surface area contributed by atoms with Crippen molar-refractivity contribution in [2.45, 2.75) is 26.7 Å². The number of benzene rings is 1. The minimum absolute atomic E-state index is 0.161. The topological polar surface area (TPSA) is 87.6 Å². The molecule has 5 nitrogen and oxygen atoms in total. The van der Waals surface area contributed by atoms with Gasteiger partial charge in [-0.2, -0.15) is 5.26 Å². The lowest BCUT2D eigenvalue weighted by Gasteiger charge is -2.14. The van der Waals surface area contributed by atoms with Crippen LogP contribution in [0.1, 0.15) is 36.7 Å². The molecule has 3 N–H and O–H groups in total. The third kappa shape index (κ3) is 3.23. The van der Waals surface area contributed by atoms with Gasteiger partial charge in [-0.15, -0.1) is 0 Å². The van der Waals surface area contributed by atoms with Gasteiger partial charge in [0.25, 0.3) is 0 Å². The third-order valence-corrected chi connectivity index (χ3v) is 3.40. The lowest BCUT2D eigenvalue weighted by atomic mass is 10.2. The molecule has 0 atom stereocenters. The van der Waals surface area contributed by atoms with Crippen molar-refractivity contribution in [1.82, 2.24) is 9.97 Å². The van der Waals surface area contributed by atoms with E-state index in [1.807, 2.05) is 20.8 Å². The van der Waals surface area contributed by atoms with Crippen LogP contribution >= 0.6 is 11.6 Å². The Morgan fingerprint density at radius 3 is 2.67 bits per heavy atom. The van der Waals surface area contributed by atoms with Gasteiger partial charge in [0.2, 0.25) is 0 Å².